The monoisotopic (exact) mass is 316 g/mol. The van der Waals surface area contributed by atoms with Crippen LogP contribution >= 0.6 is 15.9 Å². The summed E-state index contributed by atoms with van der Waals surface area (Å²) >= 11 is 3.41. The molecule has 0 aromatic carbocycles. The first-order valence-corrected chi connectivity index (χ1v) is 7.11. The van der Waals surface area contributed by atoms with Crippen molar-refractivity contribution < 1.29 is 9.53 Å². The molecule has 18 heavy (non-hydrogen) atoms. The first-order chi connectivity index (χ1) is 8.69. The Hall–Kier alpha value is -0.810. The number of amides is 1. The summed E-state index contributed by atoms with van der Waals surface area (Å²) in [4.78, 5) is 12.0. The van der Waals surface area contributed by atoms with E-state index in [2.05, 4.69) is 28.2 Å². The molecule has 0 aliphatic carbocycles. The van der Waals surface area contributed by atoms with Crippen LogP contribution in [-0.2, 0) is 11.3 Å². The number of nitrogens with one attached hydrogen (secondary N) is 1. The Morgan fingerprint density at radius 2 is 2.28 bits per heavy atom. The maximum Gasteiger partial charge on any atom is 0.267 e. The van der Waals surface area contributed by atoms with Crippen molar-refractivity contribution in [3.8, 4) is 0 Å². The van der Waals surface area contributed by atoms with Crippen molar-refractivity contribution in [3.63, 3.8) is 0 Å². The minimum atomic E-state index is -0.00781. The van der Waals surface area contributed by atoms with E-state index in [1.165, 1.54) is 0 Å². The number of aromatic nitrogens is 1. The lowest BCUT2D eigenvalue weighted by Crippen LogP contribution is -2.26. The topological polar surface area (TPSA) is 43.3 Å². The third-order valence-corrected chi connectivity index (χ3v) is 3.05. The van der Waals surface area contributed by atoms with Crippen molar-refractivity contribution in [1.82, 2.24) is 9.88 Å². The molecular formula is C13H21BrN2O2. The van der Waals surface area contributed by atoms with Crippen molar-refractivity contribution in [3.05, 3.63) is 22.4 Å². The Kier molecular flexibility index (Phi) is 7.05. The van der Waals surface area contributed by atoms with Crippen molar-refractivity contribution in [2.75, 3.05) is 20.3 Å². The van der Waals surface area contributed by atoms with Crippen LogP contribution in [0.5, 0.6) is 0 Å². The molecule has 0 bridgehead atoms. The van der Waals surface area contributed by atoms with Crippen molar-refractivity contribution >= 4 is 21.8 Å². The molecule has 0 saturated carbocycles. The summed E-state index contributed by atoms with van der Waals surface area (Å²) in [6, 6.07) is 1.86. The highest BCUT2D eigenvalue weighted by Crippen LogP contribution is 2.15. The van der Waals surface area contributed by atoms with Crippen molar-refractivity contribution in [1.29, 1.82) is 0 Å². The van der Waals surface area contributed by atoms with E-state index in [1.54, 1.807) is 7.11 Å². The molecule has 1 aromatic heterocycles. The number of carbonyl (C=O) groups excluding carboxylic acids is 1. The van der Waals surface area contributed by atoms with Crippen LogP contribution in [0, 0.1) is 0 Å². The van der Waals surface area contributed by atoms with Gasteiger partial charge in [0.1, 0.15) is 5.69 Å². The van der Waals surface area contributed by atoms with Crippen molar-refractivity contribution in [2.45, 2.75) is 32.7 Å². The van der Waals surface area contributed by atoms with Crippen LogP contribution in [0.4, 0.5) is 0 Å². The Labute approximate surface area is 117 Å². The normalized spacial score (nSPS) is 10.6. The number of aryl methyl sites for hydroxylation is 1. The number of unbranched alkanes of at least 4 members (excludes halogenated alkanes) is 1. The fraction of sp³-hybridized carbons (Fsp3) is 0.615. The summed E-state index contributed by atoms with van der Waals surface area (Å²) in [7, 11) is 1.69. The van der Waals surface area contributed by atoms with Gasteiger partial charge >= 0.3 is 0 Å². The average molecular weight is 317 g/mol. The second-order valence-electron chi connectivity index (χ2n) is 4.19. The number of hydrogen-bond acceptors (Lipinski definition) is 2. The molecule has 0 aliphatic heterocycles. The SMILES string of the molecule is CCCn1cc(Br)cc1C(=O)NCCCCOC. The standard InChI is InChI=1S/C13H21BrN2O2/c1-3-7-16-10-11(14)9-12(16)13(17)15-6-4-5-8-18-2/h9-10H,3-8H2,1-2H3,(H,15,17). The van der Waals surface area contributed by atoms with Gasteiger partial charge in [-0.3, -0.25) is 4.79 Å². The molecule has 0 atom stereocenters. The number of nitrogens with zero attached hydrogens (tertiary/aromatic N) is 1. The van der Waals surface area contributed by atoms with Crippen LogP contribution in [0.15, 0.2) is 16.7 Å². The van der Waals surface area contributed by atoms with Gasteiger partial charge in [-0.1, -0.05) is 6.92 Å². The van der Waals surface area contributed by atoms with Crippen LogP contribution in [0.25, 0.3) is 0 Å². The third kappa shape index (κ3) is 4.82. The van der Waals surface area contributed by atoms with Crippen LogP contribution < -0.4 is 5.32 Å². The highest BCUT2D eigenvalue weighted by molar-refractivity contribution is 9.10. The Morgan fingerprint density at radius 3 is 2.94 bits per heavy atom. The van der Waals surface area contributed by atoms with Gasteiger partial charge < -0.3 is 14.6 Å². The molecule has 1 rings (SSSR count). The van der Waals surface area contributed by atoms with E-state index in [0.717, 1.165) is 42.6 Å². The summed E-state index contributed by atoms with van der Waals surface area (Å²) < 4.78 is 7.89. The number of carbonyl (C=O) groups is 1. The van der Waals surface area contributed by atoms with Gasteiger partial charge in [0.2, 0.25) is 0 Å². The van der Waals surface area contributed by atoms with Gasteiger partial charge in [-0.25, -0.2) is 0 Å². The molecule has 0 unspecified atom stereocenters. The zero-order valence-corrected chi connectivity index (χ0v) is 12.6. The summed E-state index contributed by atoms with van der Waals surface area (Å²) in [6.45, 7) is 4.39. The number of hydrogen-bond donors (Lipinski definition) is 1. The molecule has 1 aromatic rings. The van der Waals surface area contributed by atoms with E-state index in [-0.39, 0.29) is 5.91 Å². The average Bonchev–Trinajstić information content (AvgIpc) is 2.70. The van der Waals surface area contributed by atoms with Gasteiger partial charge in [0.15, 0.2) is 0 Å². The Bertz CT molecular complexity index is 377. The van der Waals surface area contributed by atoms with E-state index in [1.807, 2.05) is 16.8 Å². The molecule has 0 radical (unpaired) electrons. The first-order valence-electron chi connectivity index (χ1n) is 6.31. The second-order valence-corrected chi connectivity index (χ2v) is 5.11. The summed E-state index contributed by atoms with van der Waals surface area (Å²) in [5, 5.41) is 2.93. The van der Waals surface area contributed by atoms with Gasteiger partial charge in [0.25, 0.3) is 5.91 Å². The lowest BCUT2D eigenvalue weighted by molar-refractivity contribution is 0.0942. The molecule has 4 nitrogen and oxygen atoms in total. The predicted molar refractivity (Wildman–Crippen MR) is 75.9 cm³/mol. The molecule has 0 aliphatic rings. The van der Waals surface area contributed by atoms with Gasteiger partial charge in [-0.2, -0.15) is 0 Å². The van der Waals surface area contributed by atoms with Gasteiger partial charge in [0, 0.05) is 37.5 Å². The molecule has 0 spiro atoms. The number of methoxy groups -OCH3 is 1. The zero-order chi connectivity index (χ0) is 13.4. The van der Waals surface area contributed by atoms with E-state index in [0.29, 0.717) is 6.54 Å². The number of halogens is 1. The van der Waals surface area contributed by atoms with Gasteiger partial charge in [-0.15, -0.1) is 0 Å². The molecular weight excluding hydrogens is 296 g/mol. The minimum Gasteiger partial charge on any atom is -0.385 e. The van der Waals surface area contributed by atoms with Crippen LogP contribution in [0.3, 0.4) is 0 Å². The fourth-order valence-electron chi connectivity index (χ4n) is 1.75. The summed E-state index contributed by atoms with van der Waals surface area (Å²) in [5.74, 6) is -0.00781. The highest BCUT2D eigenvalue weighted by Gasteiger charge is 2.11. The van der Waals surface area contributed by atoms with E-state index >= 15 is 0 Å². The zero-order valence-electron chi connectivity index (χ0n) is 11.0. The van der Waals surface area contributed by atoms with Crippen LogP contribution in [-0.4, -0.2) is 30.7 Å². The summed E-state index contributed by atoms with van der Waals surface area (Å²) in [6.07, 6.45) is 4.87. The van der Waals surface area contributed by atoms with E-state index < -0.39 is 0 Å². The molecule has 0 fully saturated rings. The molecule has 1 N–H and O–H groups in total. The van der Waals surface area contributed by atoms with Gasteiger partial charge in [-0.05, 0) is 41.3 Å². The Balaban J connectivity index is 2.45. The van der Waals surface area contributed by atoms with Crippen LogP contribution in [0.2, 0.25) is 0 Å². The van der Waals surface area contributed by atoms with Crippen molar-refractivity contribution in [2.24, 2.45) is 0 Å². The quantitative estimate of drug-likeness (QED) is 0.749. The van der Waals surface area contributed by atoms with Gasteiger partial charge in [0.05, 0.1) is 0 Å². The maximum atomic E-state index is 12.0. The summed E-state index contributed by atoms with van der Waals surface area (Å²) in [5.41, 5.74) is 0.718. The maximum absolute atomic E-state index is 12.0. The van der Waals surface area contributed by atoms with Crippen LogP contribution in [0.1, 0.15) is 36.7 Å². The highest BCUT2D eigenvalue weighted by atomic mass is 79.9. The van der Waals surface area contributed by atoms with E-state index in [9.17, 15) is 4.79 Å². The number of ether oxygens (including phenoxy) is 1. The molecule has 102 valence electrons. The molecule has 1 amide bonds. The smallest absolute Gasteiger partial charge is 0.267 e. The lowest BCUT2D eigenvalue weighted by atomic mass is 10.3. The minimum absolute atomic E-state index is 0.00781. The first kappa shape index (κ1) is 15.2. The van der Waals surface area contributed by atoms with E-state index in [4.69, 9.17) is 4.74 Å². The predicted octanol–water partition coefficient (Wildman–Crippen LogP) is 2.82. The largest absolute Gasteiger partial charge is 0.385 e. The molecule has 0 saturated heterocycles. The lowest BCUT2D eigenvalue weighted by Gasteiger charge is -2.08. The second kappa shape index (κ2) is 8.32. The number of rotatable bonds is 8. The third-order valence-electron chi connectivity index (χ3n) is 2.62. The fourth-order valence-corrected chi connectivity index (χ4v) is 2.22. The molecule has 1 heterocycles. The Morgan fingerprint density at radius 1 is 1.50 bits per heavy atom. The molecule has 5 heteroatoms.